The second kappa shape index (κ2) is 6.03. The number of aromatic nitrogens is 1. The summed E-state index contributed by atoms with van der Waals surface area (Å²) in [5.74, 6) is 0.896. The molecule has 0 aliphatic carbocycles. The van der Waals surface area contributed by atoms with Crippen LogP contribution in [-0.2, 0) is 0 Å². The molecule has 0 bridgehead atoms. The lowest BCUT2D eigenvalue weighted by atomic mass is 10.2. The van der Waals surface area contributed by atoms with E-state index in [1.165, 1.54) is 0 Å². The Morgan fingerprint density at radius 1 is 1.32 bits per heavy atom. The minimum Gasteiger partial charge on any atom is -0.419 e. The molecule has 1 aromatic carbocycles. The molecule has 1 heterocycles. The van der Waals surface area contributed by atoms with E-state index < -0.39 is 0 Å². The van der Waals surface area contributed by atoms with Crippen molar-refractivity contribution in [3.8, 4) is 17.5 Å². The summed E-state index contributed by atoms with van der Waals surface area (Å²) in [4.78, 5) is 6.24. The maximum absolute atomic E-state index is 9.06. The number of rotatable bonds is 5. The van der Waals surface area contributed by atoms with Gasteiger partial charge in [-0.3, -0.25) is 0 Å². The van der Waals surface area contributed by atoms with Crippen molar-refractivity contribution in [2.24, 2.45) is 0 Å². The van der Waals surface area contributed by atoms with Crippen molar-refractivity contribution in [2.75, 3.05) is 32.5 Å². The molecule has 98 valence electrons. The van der Waals surface area contributed by atoms with Crippen molar-refractivity contribution in [3.05, 3.63) is 36.0 Å². The molecule has 0 atom stereocenters. The Morgan fingerprint density at radius 3 is 2.68 bits per heavy atom. The molecular weight excluding hydrogens is 240 g/mol. The van der Waals surface area contributed by atoms with Gasteiger partial charge in [0.2, 0.25) is 17.5 Å². The standard InChI is InChI=1S/C14H16N4O/c1-18(2)9-8-16-14-12(10-15)17-13(19-14)11-6-4-3-5-7-11/h3-7,16H,8-9H2,1-2H3. The Bertz CT molecular complexity index is 569. The van der Waals surface area contributed by atoms with Crippen LogP contribution in [0, 0.1) is 11.3 Å². The highest BCUT2D eigenvalue weighted by atomic mass is 16.4. The van der Waals surface area contributed by atoms with Gasteiger partial charge in [0, 0.05) is 18.7 Å². The normalized spacial score (nSPS) is 10.4. The highest BCUT2D eigenvalue weighted by molar-refractivity contribution is 5.58. The molecule has 5 heteroatoms. The van der Waals surface area contributed by atoms with Crippen LogP contribution in [-0.4, -0.2) is 37.1 Å². The van der Waals surface area contributed by atoms with Gasteiger partial charge in [-0.15, -0.1) is 0 Å². The molecule has 2 rings (SSSR count). The first kappa shape index (κ1) is 13.1. The number of anilines is 1. The predicted molar refractivity (Wildman–Crippen MR) is 73.7 cm³/mol. The van der Waals surface area contributed by atoms with Gasteiger partial charge in [0.1, 0.15) is 6.07 Å². The number of nitriles is 1. The Morgan fingerprint density at radius 2 is 2.05 bits per heavy atom. The predicted octanol–water partition coefficient (Wildman–Crippen LogP) is 2.19. The van der Waals surface area contributed by atoms with E-state index in [9.17, 15) is 0 Å². The Hall–Kier alpha value is -2.32. The van der Waals surface area contributed by atoms with Gasteiger partial charge >= 0.3 is 0 Å². The fourth-order valence-electron chi connectivity index (χ4n) is 1.61. The van der Waals surface area contributed by atoms with Crippen molar-refractivity contribution in [1.29, 1.82) is 5.26 Å². The molecule has 5 nitrogen and oxygen atoms in total. The van der Waals surface area contributed by atoms with Crippen LogP contribution in [0.5, 0.6) is 0 Å². The minimum absolute atomic E-state index is 0.289. The highest BCUT2D eigenvalue weighted by Gasteiger charge is 2.13. The van der Waals surface area contributed by atoms with Crippen molar-refractivity contribution in [3.63, 3.8) is 0 Å². The molecule has 0 unspecified atom stereocenters. The Kier molecular flexibility index (Phi) is 4.16. The molecule has 0 radical (unpaired) electrons. The van der Waals surface area contributed by atoms with Gasteiger partial charge < -0.3 is 14.6 Å². The smallest absolute Gasteiger partial charge is 0.232 e. The van der Waals surface area contributed by atoms with Crippen molar-refractivity contribution < 1.29 is 4.42 Å². The number of benzene rings is 1. The number of oxazole rings is 1. The van der Waals surface area contributed by atoms with Gasteiger partial charge in [-0.05, 0) is 26.2 Å². The molecule has 2 aromatic rings. The van der Waals surface area contributed by atoms with Crippen LogP contribution in [0.1, 0.15) is 5.69 Å². The number of likely N-dealkylation sites (N-methyl/N-ethyl adjacent to an activating group) is 1. The van der Waals surface area contributed by atoms with Crippen molar-refractivity contribution in [1.82, 2.24) is 9.88 Å². The molecule has 0 saturated heterocycles. The summed E-state index contributed by atoms with van der Waals surface area (Å²) in [5, 5.41) is 12.2. The fraction of sp³-hybridized carbons (Fsp3) is 0.286. The number of nitrogens with zero attached hydrogens (tertiary/aromatic N) is 3. The van der Waals surface area contributed by atoms with Crippen LogP contribution >= 0.6 is 0 Å². The van der Waals surface area contributed by atoms with Gasteiger partial charge in [-0.25, -0.2) is 0 Å². The van der Waals surface area contributed by atoms with Gasteiger partial charge in [0.25, 0.3) is 0 Å². The summed E-state index contributed by atoms with van der Waals surface area (Å²) < 4.78 is 5.61. The van der Waals surface area contributed by atoms with Crippen LogP contribution < -0.4 is 5.32 Å². The van der Waals surface area contributed by atoms with Crippen LogP contribution in [0.3, 0.4) is 0 Å². The molecule has 0 fully saturated rings. The number of nitrogens with one attached hydrogen (secondary N) is 1. The monoisotopic (exact) mass is 256 g/mol. The lowest BCUT2D eigenvalue weighted by Gasteiger charge is -2.09. The zero-order valence-electron chi connectivity index (χ0n) is 11.1. The summed E-state index contributed by atoms with van der Waals surface area (Å²) in [6, 6.07) is 11.6. The second-order valence-corrected chi connectivity index (χ2v) is 4.40. The van der Waals surface area contributed by atoms with E-state index in [1.807, 2.05) is 55.4 Å². The summed E-state index contributed by atoms with van der Waals surface area (Å²) in [5.41, 5.74) is 1.15. The van der Waals surface area contributed by atoms with E-state index >= 15 is 0 Å². The van der Waals surface area contributed by atoms with Crippen molar-refractivity contribution >= 4 is 5.88 Å². The maximum Gasteiger partial charge on any atom is 0.232 e. The quantitative estimate of drug-likeness (QED) is 0.888. The van der Waals surface area contributed by atoms with Gasteiger partial charge in [0.05, 0.1) is 0 Å². The first-order valence-corrected chi connectivity index (χ1v) is 6.05. The van der Waals surface area contributed by atoms with Crippen LogP contribution in [0.4, 0.5) is 5.88 Å². The summed E-state index contributed by atoms with van der Waals surface area (Å²) in [6.07, 6.45) is 0. The Labute approximate surface area is 112 Å². The van der Waals surface area contributed by atoms with Crippen LogP contribution in [0.2, 0.25) is 0 Å². The van der Waals surface area contributed by atoms with E-state index in [0.717, 1.165) is 12.1 Å². The van der Waals surface area contributed by atoms with E-state index in [-0.39, 0.29) is 5.69 Å². The lowest BCUT2D eigenvalue weighted by Crippen LogP contribution is -2.20. The average Bonchev–Trinajstić information content (AvgIpc) is 2.83. The third-order valence-electron chi connectivity index (χ3n) is 2.60. The van der Waals surface area contributed by atoms with Crippen molar-refractivity contribution in [2.45, 2.75) is 0 Å². The molecule has 19 heavy (non-hydrogen) atoms. The molecule has 0 spiro atoms. The van der Waals surface area contributed by atoms with Crippen LogP contribution in [0.25, 0.3) is 11.5 Å². The zero-order valence-corrected chi connectivity index (χ0v) is 11.1. The van der Waals surface area contributed by atoms with Gasteiger partial charge in [-0.1, -0.05) is 18.2 Å². The number of hydrogen-bond acceptors (Lipinski definition) is 5. The second-order valence-electron chi connectivity index (χ2n) is 4.40. The molecule has 1 aromatic heterocycles. The third kappa shape index (κ3) is 3.33. The molecule has 1 N–H and O–H groups in total. The lowest BCUT2D eigenvalue weighted by molar-refractivity contribution is 0.423. The highest BCUT2D eigenvalue weighted by Crippen LogP contribution is 2.24. The van der Waals surface area contributed by atoms with Gasteiger partial charge in [-0.2, -0.15) is 10.2 Å². The summed E-state index contributed by atoms with van der Waals surface area (Å²) in [7, 11) is 3.98. The SMILES string of the molecule is CN(C)CCNc1oc(-c2ccccc2)nc1C#N. The Balaban J connectivity index is 2.16. The largest absolute Gasteiger partial charge is 0.419 e. The van der Waals surface area contributed by atoms with Gasteiger partial charge in [0.15, 0.2) is 0 Å². The first-order chi connectivity index (χ1) is 9.20. The molecule has 0 amide bonds. The maximum atomic E-state index is 9.06. The molecule has 0 aliphatic rings. The van der Waals surface area contributed by atoms with E-state index in [0.29, 0.717) is 18.3 Å². The van der Waals surface area contributed by atoms with E-state index in [2.05, 4.69) is 10.3 Å². The molecular formula is C14H16N4O. The molecule has 0 aliphatic heterocycles. The average molecular weight is 256 g/mol. The zero-order chi connectivity index (χ0) is 13.7. The van der Waals surface area contributed by atoms with E-state index in [1.54, 1.807) is 0 Å². The minimum atomic E-state index is 0.289. The summed E-state index contributed by atoms with van der Waals surface area (Å²) >= 11 is 0. The summed E-state index contributed by atoms with van der Waals surface area (Å²) in [6.45, 7) is 1.55. The topological polar surface area (TPSA) is 65.1 Å². The first-order valence-electron chi connectivity index (χ1n) is 6.05. The number of hydrogen-bond donors (Lipinski definition) is 1. The van der Waals surface area contributed by atoms with E-state index in [4.69, 9.17) is 9.68 Å². The third-order valence-corrected chi connectivity index (χ3v) is 2.60. The molecule has 0 saturated carbocycles. The van der Waals surface area contributed by atoms with Crippen LogP contribution in [0.15, 0.2) is 34.7 Å². The fourth-order valence-corrected chi connectivity index (χ4v) is 1.61.